The highest BCUT2D eigenvalue weighted by Gasteiger charge is 2.26. The zero-order valence-electron chi connectivity index (χ0n) is 10.4. The zero-order chi connectivity index (χ0) is 12.3. The van der Waals surface area contributed by atoms with Crippen molar-refractivity contribution in [3.05, 3.63) is 35.4 Å². The second-order valence-corrected chi connectivity index (χ2v) is 4.84. The molecule has 0 saturated carbocycles. The number of alkyl halides is 1. The van der Waals surface area contributed by atoms with Crippen molar-refractivity contribution in [2.24, 2.45) is 5.73 Å². The lowest BCUT2D eigenvalue weighted by molar-refractivity contribution is 0.235. The Morgan fingerprint density at radius 1 is 1.41 bits per heavy atom. The SMILES string of the molecule is CC(c1ccc(CCN)cc1)N1CC[C@H](F)C1. The number of halogens is 1. The maximum atomic E-state index is 13.2. The summed E-state index contributed by atoms with van der Waals surface area (Å²) in [7, 11) is 0. The second-order valence-electron chi connectivity index (χ2n) is 4.84. The Bertz CT molecular complexity index is 350. The smallest absolute Gasteiger partial charge is 0.114 e. The Labute approximate surface area is 103 Å². The van der Waals surface area contributed by atoms with Crippen molar-refractivity contribution in [3.8, 4) is 0 Å². The molecule has 0 aliphatic carbocycles. The van der Waals surface area contributed by atoms with Gasteiger partial charge in [0.2, 0.25) is 0 Å². The van der Waals surface area contributed by atoms with Gasteiger partial charge < -0.3 is 5.73 Å². The van der Waals surface area contributed by atoms with Crippen molar-refractivity contribution in [2.75, 3.05) is 19.6 Å². The third kappa shape index (κ3) is 3.05. The molecule has 2 N–H and O–H groups in total. The van der Waals surface area contributed by atoms with Crippen LogP contribution in [0.15, 0.2) is 24.3 Å². The van der Waals surface area contributed by atoms with Crippen LogP contribution >= 0.6 is 0 Å². The molecular weight excluding hydrogens is 215 g/mol. The molecule has 1 fully saturated rings. The van der Waals surface area contributed by atoms with Gasteiger partial charge in [0.1, 0.15) is 6.17 Å². The molecule has 17 heavy (non-hydrogen) atoms. The highest BCUT2D eigenvalue weighted by molar-refractivity contribution is 5.25. The van der Waals surface area contributed by atoms with Crippen LogP contribution in [0.4, 0.5) is 4.39 Å². The van der Waals surface area contributed by atoms with Crippen LogP contribution in [0.2, 0.25) is 0 Å². The van der Waals surface area contributed by atoms with Crippen LogP contribution < -0.4 is 5.73 Å². The van der Waals surface area contributed by atoms with E-state index in [1.54, 1.807) is 0 Å². The Hall–Kier alpha value is -0.930. The van der Waals surface area contributed by atoms with E-state index in [1.807, 2.05) is 0 Å². The maximum absolute atomic E-state index is 13.2. The van der Waals surface area contributed by atoms with Gasteiger partial charge in [-0.15, -0.1) is 0 Å². The summed E-state index contributed by atoms with van der Waals surface area (Å²) in [6, 6.07) is 8.84. The normalized spacial score (nSPS) is 22.9. The molecule has 1 aromatic rings. The molecule has 0 amide bonds. The van der Waals surface area contributed by atoms with Gasteiger partial charge in [-0.1, -0.05) is 24.3 Å². The Kier molecular flexibility index (Phi) is 4.13. The van der Waals surface area contributed by atoms with Crippen molar-refractivity contribution in [2.45, 2.75) is 32.0 Å². The van der Waals surface area contributed by atoms with E-state index in [0.29, 0.717) is 25.6 Å². The molecule has 0 radical (unpaired) electrons. The standard InChI is InChI=1S/C14H21FN2/c1-11(17-9-7-14(15)10-17)13-4-2-12(3-5-13)6-8-16/h2-5,11,14H,6-10,16H2,1H3/t11?,14-/m0/s1. The van der Waals surface area contributed by atoms with Crippen LogP contribution in [0.5, 0.6) is 0 Å². The fraction of sp³-hybridized carbons (Fsp3) is 0.571. The summed E-state index contributed by atoms with van der Waals surface area (Å²) in [5, 5.41) is 0. The summed E-state index contributed by atoms with van der Waals surface area (Å²) in [4.78, 5) is 2.21. The van der Waals surface area contributed by atoms with Crippen LogP contribution in [0, 0.1) is 0 Å². The third-order valence-electron chi connectivity index (χ3n) is 3.61. The van der Waals surface area contributed by atoms with E-state index in [2.05, 4.69) is 36.1 Å². The van der Waals surface area contributed by atoms with E-state index < -0.39 is 6.17 Å². The highest BCUT2D eigenvalue weighted by atomic mass is 19.1. The highest BCUT2D eigenvalue weighted by Crippen LogP contribution is 2.25. The Balaban J connectivity index is 2.01. The van der Waals surface area contributed by atoms with Crippen LogP contribution in [0.25, 0.3) is 0 Å². The van der Waals surface area contributed by atoms with Gasteiger partial charge in [-0.3, -0.25) is 4.90 Å². The van der Waals surface area contributed by atoms with E-state index in [-0.39, 0.29) is 0 Å². The molecular formula is C14H21FN2. The molecule has 3 heteroatoms. The van der Waals surface area contributed by atoms with Gasteiger partial charge in [0, 0.05) is 19.1 Å². The summed E-state index contributed by atoms with van der Waals surface area (Å²) in [6.07, 6.45) is 0.953. The van der Waals surface area contributed by atoms with Gasteiger partial charge in [0.05, 0.1) is 0 Å². The third-order valence-corrected chi connectivity index (χ3v) is 3.61. The largest absolute Gasteiger partial charge is 0.330 e. The van der Waals surface area contributed by atoms with E-state index >= 15 is 0 Å². The van der Waals surface area contributed by atoms with E-state index in [9.17, 15) is 4.39 Å². The van der Waals surface area contributed by atoms with Crippen molar-refractivity contribution in [3.63, 3.8) is 0 Å². The van der Waals surface area contributed by atoms with Crippen molar-refractivity contribution in [1.29, 1.82) is 0 Å². The molecule has 2 nitrogen and oxygen atoms in total. The van der Waals surface area contributed by atoms with Crippen molar-refractivity contribution < 1.29 is 4.39 Å². The van der Waals surface area contributed by atoms with Gasteiger partial charge in [-0.25, -0.2) is 4.39 Å². The first-order valence-electron chi connectivity index (χ1n) is 6.37. The van der Waals surface area contributed by atoms with Crippen LogP contribution in [0.3, 0.4) is 0 Å². The number of benzene rings is 1. The van der Waals surface area contributed by atoms with Crippen molar-refractivity contribution in [1.82, 2.24) is 4.90 Å². The fourth-order valence-corrected chi connectivity index (χ4v) is 2.44. The molecule has 0 bridgehead atoms. The molecule has 1 saturated heterocycles. The second kappa shape index (κ2) is 5.61. The predicted molar refractivity (Wildman–Crippen MR) is 68.7 cm³/mol. The Morgan fingerprint density at radius 3 is 2.65 bits per heavy atom. The summed E-state index contributed by atoms with van der Waals surface area (Å²) >= 11 is 0. The minimum absolute atomic E-state index is 0.308. The average molecular weight is 236 g/mol. The minimum atomic E-state index is -0.644. The summed E-state index contributed by atoms with van der Waals surface area (Å²) in [5.74, 6) is 0. The van der Waals surface area contributed by atoms with Gasteiger partial charge in [0.25, 0.3) is 0 Å². The lowest BCUT2D eigenvalue weighted by Gasteiger charge is -2.24. The first kappa shape index (κ1) is 12.5. The van der Waals surface area contributed by atoms with Crippen LogP contribution in [-0.4, -0.2) is 30.7 Å². The average Bonchev–Trinajstić information content (AvgIpc) is 2.76. The predicted octanol–water partition coefficient (Wildman–Crippen LogP) is 2.29. The topological polar surface area (TPSA) is 29.3 Å². The molecule has 1 aromatic carbocycles. The number of rotatable bonds is 4. The summed E-state index contributed by atoms with van der Waals surface area (Å²) in [6.45, 7) is 4.28. The lowest BCUT2D eigenvalue weighted by Crippen LogP contribution is -2.24. The molecule has 1 aliphatic heterocycles. The number of nitrogens with two attached hydrogens (primary N) is 1. The van der Waals surface area contributed by atoms with Crippen LogP contribution in [-0.2, 0) is 6.42 Å². The van der Waals surface area contributed by atoms with E-state index in [4.69, 9.17) is 5.73 Å². The summed E-state index contributed by atoms with van der Waals surface area (Å²) in [5.41, 5.74) is 8.06. The molecule has 0 spiro atoms. The van der Waals surface area contributed by atoms with Gasteiger partial charge >= 0.3 is 0 Å². The minimum Gasteiger partial charge on any atom is -0.330 e. The van der Waals surface area contributed by atoms with Crippen molar-refractivity contribution >= 4 is 0 Å². The molecule has 1 heterocycles. The lowest BCUT2D eigenvalue weighted by atomic mass is 10.0. The molecule has 1 unspecified atom stereocenters. The number of nitrogens with zero attached hydrogens (tertiary/aromatic N) is 1. The maximum Gasteiger partial charge on any atom is 0.114 e. The number of likely N-dealkylation sites (tertiary alicyclic amines) is 1. The fourth-order valence-electron chi connectivity index (χ4n) is 2.44. The van der Waals surface area contributed by atoms with E-state index in [1.165, 1.54) is 11.1 Å². The van der Waals surface area contributed by atoms with Crippen LogP contribution in [0.1, 0.15) is 30.5 Å². The first-order chi connectivity index (χ1) is 8.20. The number of hydrogen-bond acceptors (Lipinski definition) is 2. The monoisotopic (exact) mass is 236 g/mol. The van der Waals surface area contributed by atoms with Gasteiger partial charge in [-0.05, 0) is 37.4 Å². The molecule has 2 atom stereocenters. The molecule has 2 rings (SSSR count). The van der Waals surface area contributed by atoms with Gasteiger partial charge in [0.15, 0.2) is 0 Å². The van der Waals surface area contributed by atoms with Gasteiger partial charge in [-0.2, -0.15) is 0 Å². The zero-order valence-corrected chi connectivity index (χ0v) is 10.4. The quantitative estimate of drug-likeness (QED) is 0.869. The molecule has 0 aromatic heterocycles. The first-order valence-corrected chi connectivity index (χ1v) is 6.37. The molecule has 94 valence electrons. The number of hydrogen-bond donors (Lipinski definition) is 1. The Morgan fingerprint density at radius 2 is 2.12 bits per heavy atom. The summed E-state index contributed by atoms with van der Waals surface area (Å²) < 4.78 is 13.2. The van der Waals surface area contributed by atoms with E-state index in [0.717, 1.165) is 13.0 Å². The molecule has 1 aliphatic rings.